The second kappa shape index (κ2) is 5.98. The van der Waals surface area contributed by atoms with Crippen molar-refractivity contribution in [2.24, 2.45) is 0 Å². The number of carbonyl (C=O) groups is 1. The third-order valence-corrected chi connectivity index (χ3v) is 3.83. The quantitative estimate of drug-likeness (QED) is 0.631. The summed E-state index contributed by atoms with van der Waals surface area (Å²) in [6.07, 6.45) is 5.07. The van der Waals surface area contributed by atoms with Crippen molar-refractivity contribution in [1.29, 1.82) is 0 Å². The van der Waals surface area contributed by atoms with Crippen LogP contribution in [0.5, 0.6) is 0 Å². The molecule has 1 fully saturated rings. The van der Waals surface area contributed by atoms with Gasteiger partial charge >= 0.3 is 0 Å². The maximum absolute atomic E-state index is 13.7. The maximum Gasteiger partial charge on any atom is 0.270 e. The Morgan fingerprint density at radius 2 is 2.00 bits per heavy atom. The molecule has 20 heavy (non-hydrogen) atoms. The fourth-order valence-electron chi connectivity index (χ4n) is 2.61. The van der Waals surface area contributed by atoms with E-state index in [4.69, 9.17) is 0 Å². The Morgan fingerprint density at radius 3 is 2.60 bits per heavy atom. The van der Waals surface area contributed by atoms with Gasteiger partial charge in [-0.05, 0) is 18.9 Å². The van der Waals surface area contributed by atoms with Gasteiger partial charge in [0, 0.05) is 25.2 Å². The maximum atomic E-state index is 13.7. The Morgan fingerprint density at radius 1 is 1.35 bits per heavy atom. The third kappa shape index (κ3) is 2.95. The molecule has 6 heteroatoms. The van der Waals surface area contributed by atoms with Gasteiger partial charge in [-0.25, -0.2) is 4.39 Å². The number of nitro groups is 1. The summed E-state index contributed by atoms with van der Waals surface area (Å²) in [5, 5.41) is 10.7. The van der Waals surface area contributed by atoms with E-state index in [1.807, 2.05) is 0 Å². The average Bonchev–Trinajstić information content (AvgIpc) is 2.47. The van der Waals surface area contributed by atoms with E-state index in [1.54, 1.807) is 7.05 Å². The molecule has 1 amide bonds. The molecule has 0 radical (unpaired) electrons. The van der Waals surface area contributed by atoms with E-state index in [0.29, 0.717) is 0 Å². The zero-order chi connectivity index (χ0) is 14.7. The summed E-state index contributed by atoms with van der Waals surface area (Å²) in [4.78, 5) is 23.9. The molecule has 0 unspecified atom stereocenters. The Balaban J connectivity index is 2.23. The summed E-state index contributed by atoms with van der Waals surface area (Å²) in [7, 11) is 1.64. The third-order valence-electron chi connectivity index (χ3n) is 3.83. The van der Waals surface area contributed by atoms with Crippen molar-refractivity contribution < 1.29 is 14.1 Å². The van der Waals surface area contributed by atoms with Gasteiger partial charge in [0.25, 0.3) is 11.6 Å². The summed E-state index contributed by atoms with van der Waals surface area (Å²) in [6.45, 7) is 0. The molecule has 2 rings (SSSR count). The predicted molar refractivity (Wildman–Crippen MR) is 72.0 cm³/mol. The highest BCUT2D eigenvalue weighted by Crippen LogP contribution is 2.24. The highest BCUT2D eigenvalue weighted by atomic mass is 19.1. The second-order valence-electron chi connectivity index (χ2n) is 5.13. The van der Waals surface area contributed by atoms with Crippen molar-refractivity contribution >= 4 is 11.6 Å². The number of nitrogens with zero attached hydrogens (tertiary/aromatic N) is 2. The number of hydrogen-bond acceptors (Lipinski definition) is 3. The minimum Gasteiger partial charge on any atom is -0.339 e. The zero-order valence-corrected chi connectivity index (χ0v) is 11.3. The Kier molecular flexibility index (Phi) is 4.32. The van der Waals surface area contributed by atoms with E-state index >= 15 is 0 Å². The van der Waals surface area contributed by atoms with E-state index in [-0.39, 0.29) is 17.3 Å². The van der Waals surface area contributed by atoms with E-state index in [9.17, 15) is 19.3 Å². The predicted octanol–water partition coefficient (Wildman–Crippen LogP) is 3.14. The van der Waals surface area contributed by atoms with Gasteiger partial charge in [-0.1, -0.05) is 19.3 Å². The van der Waals surface area contributed by atoms with Crippen molar-refractivity contribution in [1.82, 2.24) is 4.90 Å². The topological polar surface area (TPSA) is 63.5 Å². The molecule has 1 aliphatic carbocycles. The van der Waals surface area contributed by atoms with E-state index in [2.05, 4.69) is 0 Å². The van der Waals surface area contributed by atoms with Crippen molar-refractivity contribution in [2.45, 2.75) is 38.1 Å². The van der Waals surface area contributed by atoms with Crippen molar-refractivity contribution in [2.75, 3.05) is 7.05 Å². The van der Waals surface area contributed by atoms with Crippen molar-refractivity contribution in [3.05, 3.63) is 39.7 Å². The Labute approximate surface area is 116 Å². The monoisotopic (exact) mass is 280 g/mol. The lowest BCUT2D eigenvalue weighted by atomic mass is 9.94. The van der Waals surface area contributed by atoms with Gasteiger partial charge in [0.05, 0.1) is 10.5 Å². The van der Waals surface area contributed by atoms with Crippen LogP contribution in [0.4, 0.5) is 10.1 Å². The van der Waals surface area contributed by atoms with E-state index in [0.717, 1.165) is 50.3 Å². The van der Waals surface area contributed by atoms with E-state index < -0.39 is 16.6 Å². The summed E-state index contributed by atoms with van der Waals surface area (Å²) < 4.78 is 13.7. The number of benzene rings is 1. The molecule has 5 nitrogen and oxygen atoms in total. The first kappa shape index (κ1) is 14.4. The molecular weight excluding hydrogens is 263 g/mol. The lowest BCUT2D eigenvalue weighted by molar-refractivity contribution is -0.384. The highest BCUT2D eigenvalue weighted by Gasteiger charge is 2.26. The Hall–Kier alpha value is -1.98. The normalized spacial score (nSPS) is 15.9. The lowest BCUT2D eigenvalue weighted by Gasteiger charge is -2.31. The van der Waals surface area contributed by atoms with Crippen LogP contribution in [-0.2, 0) is 0 Å². The van der Waals surface area contributed by atoms with Crippen LogP contribution in [0.3, 0.4) is 0 Å². The van der Waals surface area contributed by atoms with Gasteiger partial charge in [-0.3, -0.25) is 14.9 Å². The SMILES string of the molecule is CN(C(=O)c1cc([N+](=O)[O-])ccc1F)C1CCCCC1. The molecular formula is C14H17FN2O3. The van der Waals surface area contributed by atoms with Gasteiger partial charge in [0.15, 0.2) is 0 Å². The molecule has 1 saturated carbocycles. The lowest BCUT2D eigenvalue weighted by Crippen LogP contribution is -2.38. The molecule has 1 aromatic carbocycles. The highest BCUT2D eigenvalue weighted by molar-refractivity contribution is 5.95. The average molecular weight is 280 g/mol. The van der Waals surface area contributed by atoms with E-state index in [1.165, 1.54) is 4.90 Å². The Bertz CT molecular complexity index is 527. The molecule has 0 spiro atoms. The number of nitro benzene ring substituents is 1. The number of carbonyl (C=O) groups excluding carboxylic acids is 1. The summed E-state index contributed by atoms with van der Waals surface area (Å²) in [6, 6.07) is 3.14. The molecule has 108 valence electrons. The number of halogens is 1. The summed E-state index contributed by atoms with van der Waals surface area (Å²) in [5.74, 6) is -1.21. The number of non-ortho nitro benzene ring substituents is 1. The summed E-state index contributed by atoms with van der Waals surface area (Å²) >= 11 is 0. The van der Waals surface area contributed by atoms with Crippen molar-refractivity contribution in [3.8, 4) is 0 Å². The second-order valence-corrected chi connectivity index (χ2v) is 5.13. The fourth-order valence-corrected chi connectivity index (χ4v) is 2.61. The molecule has 0 bridgehead atoms. The van der Waals surface area contributed by atoms with Gasteiger partial charge in [0.1, 0.15) is 5.82 Å². The van der Waals surface area contributed by atoms with Crippen LogP contribution in [0.2, 0.25) is 0 Å². The molecule has 0 atom stereocenters. The van der Waals surface area contributed by atoms with Gasteiger partial charge in [0.2, 0.25) is 0 Å². The minimum absolute atomic E-state index is 0.0925. The standard InChI is InChI=1S/C14H17FN2O3/c1-16(10-5-3-2-4-6-10)14(18)12-9-11(17(19)20)7-8-13(12)15/h7-10H,2-6H2,1H3. The summed E-state index contributed by atoms with van der Waals surface area (Å²) in [5.41, 5.74) is -0.501. The zero-order valence-electron chi connectivity index (χ0n) is 11.3. The van der Waals surface area contributed by atoms with Gasteiger partial charge < -0.3 is 4.90 Å². The van der Waals surface area contributed by atoms with Crippen LogP contribution in [-0.4, -0.2) is 28.8 Å². The molecule has 0 N–H and O–H groups in total. The van der Waals surface area contributed by atoms with Crippen LogP contribution >= 0.6 is 0 Å². The first-order valence-corrected chi connectivity index (χ1v) is 6.72. The van der Waals surface area contributed by atoms with Crippen LogP contribution in [0.15, 0.2) is 18.2 Å². The molecule has 0 aliphatic heterocycles. The molecule has 0 heterocycles. The molecule has 1 aliphatic rings. The fraction of sp³-hybridized carbons (Fsp3) is 0.500. The minimum atomic E-state index is -0.719. The van der Waals surface area contributed by atoms with Gasteiger partial charge in [-0.15, -0.1) is 0 Å². The van der Waals surface area contributed by atoms with Crippen LogP contribution < -0.4 is 0 Å². The number of rotatable bonds is 3. The van der Waals surface area contributed by atoms with Gasteiger partial charge in [-0.2, -0.15) is 0 Å². The van der Waals surface area contributed by atoms with Crippen molar-refractivity contribution in [3.63, 3.8) is 0 Å². The first-order chi connectivity index (χ1) is 9.50. The van der Waals surface area contributed by atoms with Crippen LogP contribution in [0.1, 0.15) is 42.5 Å². The molecule has 1 aromatic rings. The largest absolute Gasteiger partial charge is 0.339 e. The number of hydrogen-bond donors (Lipinski definition) is 0. The number of amides is 1. The van der Waals surface area contributed by atoms with Crippen LogP contribution in [0.25, 0.3) is 0 Å². The molecule has 0 aromatic heterocycles. The van der Waals surface area contributed by atoms with Crippen LogP contribution in [0, 0.1) is 15.9 Å². The molecule has 0 saturated heterocycles. The smallest absolute Gasteiger partial charge is 0.270 e. The first-order valence-electron chi connectivity index (χ1n) is 6.72.